The fourth-order valence-corrected chi connectivity index (χ4v) is 2.90. The minimum absolute atomic E-state index is 0.00655. The number of hydrogen-bond donors (Lipinski definition) is 0. The zero-order chi connectivity index (χ0) is 11.4. The number of hydrogen-bond acceptors (Lipinski definition) is 2. The molecule has 84 valence electrons. The highest BCUT2D eigenvalue weighted by Gasteiger charge is 2.57. The average molecular weight is 208 g/mol. The lowest BCUT2D eigenvalue weighted by atomic mass is 9.66. The summed E-state index contributed by atoms with van der Waals surface area (Å²) in [5.41, 5.74) is -0.422. The van der Waals surface area contributed by atoms with Crippen LogP contribution in [0, 0.1) is 17.3 Å². The van der Waals surface area contributed by atoms with Gasteiger partial charge in [-0.3, -0.25) is 4.79 Å². The van der Waals surface area contributed by atoms with Gasteiger partial charge in [-0.15, -0.1) is 0 Å². The van der Waals surface area contributed by atoms with Crippen molar-refractivity contribution < 1.29 is 9.53 Å². The molecule has 1 saturated heterocycles. The van der Waals surface area contributed by atoms with Crippen LogP contribution in [0.15, 0.2) is 12.2 Å². The highest BCUT2D eigenvalue weighted by atomic mass is 16.5. The van der Waals surface area contributed by atoms with Gasteiger partial charge in [0.1, 0.15) is 11.4 Å². The van der Waals surface area contributed by atoms with Gasteiger partial charge in [0.05, 0.1) is 6.10 Å². The third kappa shape index (κ3) is 1.24. The fraction of sp³-hybridized carbons (Fsp3) is 0.769. The highest BCUT2D eigenvalue weighted by Crippen LogP contribution is 2.50. The van der Waals surface area contributed by atoms with Crippen molar-refractivity contribution in [2.75, 3.05) is 0 Å². The van der Waals surface area contributed by atoms with Gasteiger partial charge in [0.2, 0.25) is 0 Å². The zero-order valence-corrected chi connectivity index (χ0v) is 10.2. The van der Waals surface area contributed by atoms with Crippen molar-refractivity contribution >= 4 is 5.78 Å². The Bertz CT molecular complexity index is 324. The van der Waals surface area contributed by atoms with Gasteiger partial charge in [0.25, 0.3) is 0 Å². The van der Waals surface area contributed by atoms with Crippen LogP contribution in [-0.2, 0) is 9.53 Å². The van der Waals surface area contributed by atoms with Gasteiger partial charge < -0.3 is 4.74 Å². The predicted molar refractivity (Wildman–Crippen MR) is 59.5 cm³/mol. The standard InChI is InChI=1S/C13H20O2/c1-8-10-6-7-13(15-10,12(3,4)5)9(2)11(8)14/h6-10H,1-5H3/t8-,9-,10+,13-/m1/s1. The molecular formula is C13H20O2. The van der Waals surface area contributed by atoms with E-state index in [2.05, 4.69) is 32.9 Å². The molecule has 2 aliphatic rings. The molecule has 2 aliphatic heterocycles. The number of ketones is 1. The molecule has 4 atom stereocenters. The third-order valence-corrected chi connectivity index (χ3v) is 4.05. The molecular weight excluding hydrogens is 188 g/mol. The Morgan fingerprint density at radius 2 is 1.93 bits per heavy atom. The van der Waals surface area contributed by atoms with E-state index in [4.69, 9.17) is 4.74 Å². The topological polar surface area (TPSA) is 26.3 Å². The van der Waals surface area contributed by atoms with E-state index in [1.54, 1.807) is 0 Å². The molecule has 0 spiro atoms. The first-order valence-corrected chi connectivity index (χ1v) is 5.70. The second-order valence-corrected chi connectivity index (χ2v) is 5.90. The molecule has 0 aromatic carbocycles. The monoisotopic (exact) mass is 208 g/mol. The SMILES string of the molecule is C[C@@H]1C(=O)[C@H](C)[C@@H]2C=C[C@@]1(C(C)(C)C)O2. The van der Waals surface area contributed by atoms with Gasteiger partial charge in [-0.2, -0.15) is 0 Å². The summed E-state index contributed by atoms with van der Waals surface area (Å²) in [5, 5.41) is 0. The molecule has 0 N–H and O–H groups in total. The predicted octanol–water partition coefficient (Wildman–Crippen LogP) is 2.58. The van der Waals surface area contributed by atoms with Crippen LogP contribution in [-0.4, -0.2) is 17.5 Å². The first-order chi connectivity index (χ1) is 6.79. The van der Waals surface area contributed by atoms with Crippen LogP contribution < -0.4 is 0 Å². The maximum Gasteiger partial charge on any atom is 0.144 e. The number of Topliss-reactive ketones (excluding diaryl/α,β-unsaturated/α-hetero) is 1. The number of fused-ring (bicyclic) bond motifs is 2. The Morgan fingerprint density at radius 3 is 2.47 bits per heavy atom. The van der Waals surface area contributed by atoms with E-state index in [-0.39, 0.29) is 29.0 Å². The van der Waals surface area contributed by atoms with Crippen LogP contribution in [0.4, 0.5) is 0 Å². The molecule has 0 aliphatic carbocycles. The molecule has 0 aromatic heterocycles. The van der Waals surface area contributed by atoms with Crippen LogP contribution in [0.2, 0.25) is 0 Å². The van der Waals surface area contributed by atoms with E-state index < -0.39 is 0 Å². The Balaban J connectivity index is 2.45. The van der Waals surface area contributed by atoms with E-state index in [9.17, 15) is 4.79 Å². The summed E-state index contributed by atoms with van der Waals surface area (Å²) in [6, 6.07) is 0. The molecule has 1 fully saturated rings. The maximum absolute atomic E-state index is 12.1. The molecule has 2 nitrogen and oxygen atoms in total. The van der Waals surface area contributed by atoms with E-state index in [1.807, 2.05) is 13.8 Å². The quantitative estimate of drug-likeness (QED) is 0.572. The third-order valence-electron chi connectivity index (χ3n) is 4.05. The van der Waals surface area contributed by atoms with Crippen molar-refractivity contribution in [3.8, 4) is 0 Å². The van der Waals surface area contributed by atoms with Gasteiger partial charge in [-0.05, 0) is 5.41 Å². The summed E-state index contributed by atoms with van der Waals surface area (Å²) in [7, 11) is 0. The maximum atomic E-state index is 12.1. The summed E-state index contributed by atoms with van der Waals surface area (Å²) in [5.74, 6) is 0.308. The van der Waals surface area contributed by atoms with Gasteiger partial charge >= 0.3 is 0 Å². The van der Waals surface area contributed by atoms with Gasteiger partial charge in [0.15, 0.2) is 0 Å². The Morgan fingerprint density at radius 1 is 1.33 bits per heavy atom. The normalized spacial score (nSPS) is 44.9. The first kappa shape index (κ1) is 10.9. The first-order valence-electron chi connectivity index (χ1n) is 5.70. The minimum atomic E-state index is -0.388. The van der Waals surface area contributed by atoms with Crippen LogP contribution in [0.1, 0.15) is 34.6 Å². The molecule has 0 unspecified atom stereocenters. The Kier molecular flexibility index (Phi) is 2.13. The highest BCUT2D eigenvalue weighted by molar-refractivity contribution is 5.86. The average Bonchev–Trinajstić information content (AvgIpc) is 2.54. The summed E-state index contributed by atoms with van der Waals surface area (Å²) >= 11 is 0. The number of carbonyl (C=O) groups excluding carboxylic acids is 1. The molecule has 0 radical (unpaired) electrons. The van der Waals surface area contributed by atoms with Crippen LogP contribution in [0.3, 0.4) is 0 Å². The smallest absolute Gasteiger partial charge is 0.144 e. The largest absolute Gasteiger partial charge is 0.362 e. The molecule has 2 bridgehead atoms. The van der Waals surface area contributed by atoms with Crippen molar-refractivity contribution in [3.63, 3.8) is 0 Å². The molecule has 0 saturated carbocycles. The lowest BCUT2D eigenvalue weighted by Gasteiger charge is -2.48. The molecule has 15 heavy (non-hydrogen) atoms. The van der Waals surface area contributed by atoms with Gasteiger partial charge in [-0.25, -0.2) is 0 Å². The van der Waals surface area contributed by atoms with Crippen LogP contribution in [0.5, 0.6) is 0 Å². The lowest BCUT2D eigenvalue weighted by molar-refractivity contribution is -0.180. The van der Waals surface area contributed by atoms with Crippen molar-refractivity contribution in [2.45, 2.75) is 46.3 Å². The van der Waals surface area contributed by atoms with Crippen molar-refractivity contribution in [2.24, 2.45) is 17.3 Å². The molecule has 2 heteroatoms. The second kappa shape index (κ2) is 2.94. The fourth-order valence-electron chi connectivity index (χ4n) is 2.90. The molecule has 2 heterocycles. The van der Waals surface area contributed by atoms with Crippen LogP contribution in [0.25, 0.3) is 0 Å². The molecule has 0 amide bonds. The molecule has 0 aromatic rings. The van der Waals surface area contributed by atoms with Crippen molar-refractivity contribution in [1.29, 1.82) is 0 Å². The van der Waals surface area contributed by atoms with E-state index >= 15 is 0 Å². The summed E-state index contributed by atoms with van der Waals surface area (Å²) < 4.78 is 6.11. The van der Waals surface area contributed by atoms with E-state index in [1.165, 1.54) is 0 Å². The van der Waals surface area contributed by atoms with E-state index in [0.29, 0.717) is 5.78 Å². The van der Waals surface area contributed by atoms with Gasteiger partial charge in [0, 0.05) is 11.8 Å². The zero-order valence-electron chi connectivity index (χ0n) is 10.2. The molecule has 2 rings (SSSR count). The summed E-state index contributed by atoms with van der Waals surface area (Å²) in [6.45, 7) is 10.4. The second-order valence-electron chi connectivity index (χ2n) is 5.90. The summed E-state index contributed by atoms with van der Waals surface area (Å²) in [6.07, 6.45) is 4.18. The minimum Gasteiger partial charge on any atom is -0.362 e. The number of rotatable bonds is 0. The Labute approximate surface area is 91.7 Å². The van der Waals surface area contributed by atoms with Crippen molar-refractivity contribution in [1.82, 2.24) is 0 Å². The van der Waals surface area contributed by atoms with Crippen molar-refractivity contribution in [3.05, 3.63) is 12.2 Å². The lowest BCUT2D eigenvalue weighted by Crippen LogP contribution is -2.56. The number of carbonyl (C=O) groups is 1. The Hall–Kier alpha value is -0.630. The van der Waals surface area contributed by atoms with Gasteiger partial charge in [-0.1, -0.05) is 46.8 Å². The summed E-state index contributed by atoms with van der Waals surface area (Å²) in [4.78, 5) is 12.1. The van der Waals surface area contributed by atoms with E-state index in [0.717, 1.165) is 0 Å². The number of ether oxygens (including phenoxy) is 1. The van der Waals surface area contributed by atoms with Crippen LogP contribution >= 0.6 is 0 Å².